The second kappa shape index (κ2) is 2.91. The SMILES string of the molecule is Cc1cc(F)c2[nH]c3ncnc(N)c3c2c1. The summed E-state index contributed by atoms with van der Waals surface area (Å²) in [6.45, 7) is 1.83. The highest BCUT2D eigenvalue weighted by Crippen LogP contribution is 2.29. The van der Waals surface area contributed by atoms with Gasteiger partial charge < -0.3 is 10.7 Å². The highest BCUT2D eigenvalue weighted by atomic mass is 19.1. The molecule has 3 aromatic rings. The normalized spacial score (nSPS) is 11.4. The Morgan fingerprint density at radius 2 is 2.12 bits per heavy atom. The average Bonchev–Trinajstić information content (AvgIpc) is 2.58. The molecular weight excluding hydrogens is 207 g/mol. The molecule has 0 aliphatic carbocycles. The van der Waals surface area contributed by atoms with Gasteiger partial charge in [-0.3, -0.25) is 0 Å². The van der Waals surface area contributed by atoms with Gasteiger partial charge in [-0.1, -0.05) is 0 Å². The molecule has 5 heteroatoms. The van der Waals surface area contributed by atoms with Gasteiger partial charge in [0, 0.05) is 5.39 Å². The number of nitrogens with zero attached hydrogens (tertiary/aromatic N) is 2. The fourth-order valence-electron chi connectivity index (χ4n) is 1.94. The van der Waals surface area contributed by atoms with Gasteiger partial charge >= 0.3 is 0 Å². The van der Waals surface area contributed by atoms with Gasteiger partial charge in [-0.15, -0.1) is 0 Å². The van der Waals surface area contributed by atoms with Crippen LogP contribution >= 0.6 is 0 Å². The minimum atomic E-state index is -0.299. The van der Waals surface area contributed by atoms with Crippen molar-refractivity contribution in [3.05, 3.63) is 29.8 Å². The Kier molecular flexibility index (Phi) is 1.65. The monoisotopic (exact) mass is 216 g/mol. The number of aryl methyl sites for hydroxylation is 1. The van der Waals surface area contributed by atoms with Crippen LogP contribution in [0.1, 0.15) is 5.56 Å². The maximum atomic E-state index is 13.7. The Balaban J connectivity index is 2.63. The molecule has 0 aliphatic heterocycles. The molecule has 1 aromatic carbocycles. The summed E-state index contributed by atoms with van der Waals surface area (Å²) in [4.78, 5) is 10.9. The number of H-pyrrole nitrogens is 1. The fraction of sp³-hybridized carbons (Fsp3) is 0.0909. The van der Waals surface area contributed by atoms with Crippen LogP contribution in [0.25, 0.3) is 21.9 Å². The molecule has 3 rings (SSSR count). The standard InChI is InChI=1S/C11H9FN4/c1-5-2-6-8-10(13)14-4-15-11(8)16-9(6)7(12)3-5/h2-4H,1H3,(H3,13,14,15,16). The molecule has 3 N–H and O–H groups in total. The van der Waals surface area contributed by atoms with Crippen molar-refractivity contribution in [1.82, 2.24) is 15.0 Å². The van der Waals surface area contributed by atoms with Crippen LogP contribution < -0.4 is 5.73 Å². The van der Waals surface area contributed by atoms with Gasteiger partial charge in [-0.2, -0.15) is 0 Å². The lowest BCUT2D eigenvalue weighted by Crippen LogP contribution is -1.91. The van der Waals surface area contributed by atoms with Crippen LogP contribution in [0.15, 0.2) is 18.5 Å². The maximum Gasteiger partial charge on any atom is 0.147 e. The Morgan fingerprint density at radius 1 is 1.31 bits per heavy atom. The van der Waals surface area contributed by atoms with Crippen LogP contribution in [-0.4, -0.2) is 15.0 Å². The number of aromatic nitrogens is 3. The van der Waals surface area contributed by atoms with Gasteiger partial charge in [0.1, 0.15) is 23.6 Å². The minimum Gasteiger partial charge on any atom is -0.383 e. The smallest absolute Gasteiger partial charge is 0.147 e. The van der Waals surface area contributed by atoms with Crippen molar-refractivity contribution in [2.24, 2.45) is 0 Å². The summed E-state index contributed by atoms with van der Waals surface area (Å²) in [5, 5.41) is 1.41. The van der Waals surface area contributed by atoms with Gasteiger partial charge in [-0.25, -0.2) is 14.4 Å². The van der Waals surface area contributed by atoms with E-state index in [4.69, 9.17) is 5.73 Å². The lowest BCUT2D eigenvalue weighted by atomic mass is 10.1. The lowest BCUT2D eigenvalue weighted by Gasteiger charge is -1.97. The molecular formula is C11H9FN4. The first-order valence-electron chi connectivity index (χ1n) is 4.85. The average molecular weight is 216 g/mol. The van der Waals surface area contributed by atoms with Crippen molar-refractivity contribution in [3.8, 4) is 0 Å². The minimum absolute atomic E-state index is 0.299. The van der Waals surface area contributed by atoms with Crippen molar-refractivity contribution in [1.29, 1.82) is 0 Å². The molecule has 0 unspecified atom stereocenters. The molecule has 0 saturated heterocycles. The van der Waals surface area contributed by atoms with E-state index in [0.29, 0.717) is 22.4 Å². The molecule has 0 amide bonds. The molecule has 16 heavy (non-hydrogen) atoms. The van der Waals surface area contributed by atoms with E-state index in [2.05, 4.69) is 15.0 Å². The van der Waals surface area contributed by atoms with Crippen molar-refractivity contribution >= 4 is 27.8 Å². The molecule has 0 spiro atoms. The number of rotatable bonds is 0. The molecule has 0 atom stereocenters. The number of fused-ring (bicyclic) bond motifs is 3. The Bertz CT molecular complexity index is 702. The number of halogens is 1. The van der Waals surface area contributed by atoms with Crippen LogP contribution in [-0.2, 0) is 0 Å². The quantitative estimate of drug-likeness (QED) is 0.605. The predicted molar refractivity (Wildman–Crippen MR) is 60.5 cm³/mol. The summed E-state index contributed by atoms with van der Waals surface area (Å²) in [7, 11) is 0. The number of nitrogens with two attached hydrogens (primary N) is 1. The highest BCUT2D eigenvalue weighted by Gasteiger charge is 2.12. The van der Waals surface area contributed by atoms with Crippen molar-refractivity contribution in [2.45, 2.75) is 6.92 Å². The number of nitrogen functional groups attached to an aromatic ring is 1. The van der Waals surface area contributed by atoms with Gasteiger partial charge in [-0.05, 0) is 24.6 Å². The van der Waals surface area contributed by atoms with E-state index in [9.17, 15) is 4.39 Å². The van der Waals surface area contributed by atoms with Gasteiger partial charge in [0.25, 0.3) is 0 Å². The Labute approximate surface area is 90.3 Å². The van der Waals surface area contributed by atoms with Gasteiger partial charge in [0.05, 0.1) is 10.9 Å². The Morgan fingerprint density at radius 3 is 2.94 bits per heavy atom. The summed E-state index contributed by atoms with van der Waals surface area (Å²) in [6.07, 6.45) is 1.36. The van der Waals surface area contributed by atoms with Crippen molar-refractivity contribution in [2.75, 3.05) is 5.73 Å². The fourth-order valence-corrected chi connectivity index (χ4v) is 1.94. The number of aromatic amines is 1. The van der Waals surface area contributed by atoms with E-state index in [1.165, 1.54) is 12.4 Å². The lowest BCUT2D eigenvalue weighted by molar-refractivity contribution is 0.636. The zero-order valence-corrected chi connectivity index (χ0v) is 8.58. The number of anilines is 1. The first kappa shape index (κ1) is 9.08. The second-order valence-corrected chi connectivity index (χ2v) is 3.78. The van der Waals surface area contributed by atoms with E-state index < -0.39 is 0 Å². The van der Waals surface area contributed by atoms with Crippen molar-refractivity contribution < 1.29 is 4.39 Å². The molecule has 0 fully saturated rings. The van der Waals surface area contributed by atoms with Crippen LogP contribution in [0.4, 0.5) is 10.2 Å². The molecule has 0 aliphatic rings. The third kappa shape index (κ3) is 1.08. The maximum absolute atomic E-state index is 13.7. The van der Waals surface area contributed by atoms with E-state index in [1.54, 1.807) is 0 Å². The zero-order valence-electron chi connectivity index (χ0n) is 8.58. The molecule has 0 bridgehead atoms. The summed E-state index contributed by atoms with van der Waals surface area (Å²) in [6, 6.07) is 3.35. The Hall–Kier alpha value is -2.17. The number of nitrogens with one attached hydrogen (secondary N) is 1. The molecule has 0 radical (unpaired) electrons. The number of hydrogen-bond acceptors (Lipinski definition) is 3. The van der Waals surface area contributed by atoms with Gasteiger partial charge in [0.15, 0.2) is 0 Å². The van der Waals surface area contributed by atoms with E-state index in [1.807, 2.05) is 13.0 Å². The van der Waals surface area contributed by atoms with E-state index in [0.717, 1.165) is 10.9 Å². The van der Waals surface area contributed by atoms with Crippen LogP contribution in [0.2, 0.25) is 0 Å². The highest BCUT2D eigenvalue weighted by molar-refractivity contribution is 6.10. The van der Waals surface area contributed by atoms with E-state index in [-0.39, 0.29) is 5.82 Å². The first-order valence-corrected chi connectivity index (χ1v) is 4.85. The molecule has 0 saturated carbocycles. The van der Waals surface area contributed by atoms with Crippen molar-refractivity contribution in [3.63, 3.8) is 0 Å². The first-order chi connectivity index (χ1) is 7.66. The van der Waals surface area contributed by atoms with Gasteiger partial charge in [0.2, 0.25) is 0 Å². The predicted octanol–water partition coefficient (Wildman–Crippen LogP) is 2.14. The van der Waals surface area contributed by atoms with Crippen LogP contribution in [0, 0.1) is 12.7 Å². The van der Waals surface area contributed by atoms with E-state index >= 15 is 0 Å². The third-order valence-corrected chi connectivity index (χ3v) is 2.62. The summed E-state index contributed by atoms with van der Waals surface area (Å²) in [5.74, 6) is 0.0636. The van der Waals surface area contributed by atoms with Crippen LogP contribution in [0.3, 0.4) is 0 Å². The number of hydrogen-bond donors (Lipinski definition) is 2. The van der Waals surface area contributed by atoms with Crippen LogP contribution in [0.5, 0.6) is 0 Å². The summed E-state index contributed by atoms with van der Waals surface area (Å²) < 4.78 is 13.7. The largest absolute Gasteiger partial charge is 0.383 e. The molecule has 2 aromatic heterocycles. The summed E-state index contributed by atoms with van der Waals surface area (Å²) >= 11 is 0. The zero-order chi connectivity index (χ0) is 11.3. The topological polar surface area (TPSA) is 67.6 Å². The third-order valence-electron chi connectivity index (χ3n) is 2.62. The molecule has 2 heterocycles. The number of benzene rings is 1. The summed E-state index contributed by atoms with van der Waals surface area (Å²) in [5.41, 5.74) is 7.60. The molecule has 80 valence electrons. The second-order valence-electron chi connectivity index (χ2n) is 3.78. The molecule has 4 nitrogen and oxygen atoms in total.